The van der Waals surface area contributed by atoms with Crippen molar-refractivity contribution >= 4 is 10.0 Å². The number of sulfonamides is 1. The zero-order valence-corrected chi connectivity index (χ0v) is 13.0. The van der Waals surface area contributed by atoms with E-state index in [4.69, 9.17) is 5.73 Å². The molecule has 0 unspecified atom stereocenters. The average molecular weight is 308 g/mol. The van der Waals surface area contributed by atoms with Crippen molar-refractivity contribution in [3.63, 3.8) is 0 Å². The molecule has 0 saturated heterocycles. The normalized spacial score (nSPS) is 11.8. The Morgan fingerprint density at radius 2 is 2.05 bits per heavy atom. The fourth-order valence-corrected chi connectivity index (χ4v) is 3.22. The van der Waals surface area contributed by atoms with Gasteiger partial charge in [0.05, 0.1) is 11.4 Å². The molecule has 1 aromatic carbocycles. The molecule has 21 heavy (non-hydrogen) atoms. The summed E-state index contributed by atoms with van der Waals surface area (Å²) in [6.45, 7) is 2.50. The molecule has 0 bridgehead atoms. The van der Waals surface area contributed by atoms with Crippen LogP contribution in [-0.4, -0.2) is 18.2 Å². The summed E-state index contributed by atoms with van der Waals surface area (Å²) in [7, 11) is -1.58. The molecule has 1 aromatic heterocycles. The van der Waals surface area contributed by atoms with Crippen LogP contribution in [0.15, 0.2) is 30.5 Å². The van der Waals surface area contributed by atoms with E-state index in [-0.39, 0.29) is 12.3 Å². The van der Waals surface area contributed by atoms with E-state index in [9.17, 15) is 8.42 Å². The topological polar surface area (TPSA) is 90.0 Å². The summed E-state index contributed by atoms with van der Waals surface area (Å²) in [5.74, 6) is -0.0554. The first-order valence-corrected chi connectivity index (χ1v) is 8.29. The summed E-state index contributed by atoms with van der Waals surface area (Å²) < 4.78 is 28.5. The minimum absolute atomic E-state index is 0.0554. The maximum atomic E-state index is 12.1. The van der Waals surface area contributed by atoms with Gasteiger partial charge in [0.2, 0.25) is 10.0 Å². The highest BCUT2D eigenvalue weighted by Crippen LogP contribution is 2.10. The Bertz CT molecular complexity index is 722. The first kappa shape index (κ1) is 15.7. The van der Waals surface area contributed by atoms with E-state index in [0.717, 1.165) is 22.4 Å². The monoisotopic (exact) mass is 308 g/mol. The number of rotatable bonds is 6. The van der Waals surface area contributed by atoms with Crippen LogP contribution >= 0.6 is 0 Å². The molecule has 0 fully saturated rings. The van der Waals surface area contributed by atoms with Crippen molar-refractivity contribution < 1.29 is 8.42 Å². The molecule has 0 aliphatic rings. The van der Waals surface area contributed by atoms with Gasteiger partial charge in [0.15, 0.2) is 0 Å². The van der Waals surface area contributed by atoms with Crippen molar-refractivity contribution in [2.75, 3.05) is 0 Å². The summed E-state index contributed by atoms with van der Waals surface area (Å²) >= 11 is 0. The molecule has 2 aromatic rings. The third kappa shape index (κ3) is 4.38. The second-order valence-electron chi connectivity index (χ2n) is 5.02. The Labute approximate surface area is 125 Å². The van der Waals surface area contributed by atoms with Gasteiger partial charge in [-0.15, -0.1) is 0 Å². The molecular weight excluding hydrogens is 288 g/mol. The van der Waals surface area contributed by atoms with Gasteiger partial charge in [-0.3, -0.25) is 4.68 Å². The van der Waals surface area contributed by atoms with Gasteiger partial charge in [-0.2, -0.15) is 5.10 Å². The molecule has 6 nitrogen and oxygen atoms in total. The van der Waals surface area contributed by atoms with Crippen LogP contribution in [0.1, 0.15) is 22.4 Å². The van der Waals surface area contributed by atoms with Crippen molar-refractivity contribution in [1.82, 2.24) is 14.5 Å². The summed E-state index contributed by atoms with van der Waals surface area (Å²) in [6, 6.07) is 7.29. The fourth-order valence-electron chi connectivity index (χ4n) is 2.13. The van der Waals surface area contributed by atoms with E-state index in [1.54, 1.807) is 10.7 Å². The Hall–Kier alpha value is -1.70. The summed E-state index contributed by atoms with van der Waals surface area (Å²) in [5.41, 5.74) is 8.91. The average Bonchev–Trinajstić information content (AvgIpc) is 2.74. The fraction of sp³-hybridized carbons (Fsp3) is 0.357. The van der Waals surface area contributed by atoms with Crippen LogP contribution in [0.5, 0.6) is 0 Å². The number of nitrogens with zero attached hydrogens (tertiary/aromatic N) is 2. The van der Waals surface area contributed by atoms with Gasteiger partial charge in [-0.05, 0) is 18.1 Å². The highest BCUT2D eigenvalue weighted by molar-refractivity contribution is 7.88. The standard InChI is InChI=1S/C14H20N4O2S/c1-11-14(9-18(2)17-11)8-16-21(19,20)10-13-5-3-4-12(6-13)7-15/h3-6,9,16H,7-8,10,15H2,1-2H3. The predicted molar refractivity (Wildman–Crippen MR) is 81.7 cm³/mol. The molecule has 7 heteroatoms. The number of nitrogens with two attached hydrogens (primary N) is 1. The van der Waals surface area contributed by atoms with Crippen molar-refractivity contribution in [2.24, 2.45) is 12.8 Å². The molecule has 0 amide bonds. The Morgan fingerprint density at radius 3 is 2.67 bits per heavy atom. The minimum Gasteiger partial charge on any atom is -0.326 e. The van der Waals surface area contributed by atoms with Crippen LogP contribution in [0.4, 0.5) is 0 Å². The predicted octanol–water partition coefficient (Wildman–Crippen LogP) is 0.807. The summed E-state index contributed by atoms with van der Waals surface area (Å²) in [5, 5.41) is 4.19. The summed E-state index contributed by atoms with van der Waals surface area (Å²) in [4.78, 5) is 0. The third-order valence-electron chi connectivity index (χ3n) is 3.18. The molecule has 0 saturated carbocycles. The Morgan fingerprint density at radius 1 is 1.33 bits per heavy atom. The quantitative estimate of drug-likeness (QED) is 0.826. The van der Waals surface area contributed by atoms with Crippen molar-refractivity contribution in [1.29, 1.82) is 0 Å². The van der Waals surface area contributed by atoms with Crippen molar-refractivity contribution in [3.8, 4) is 0 Å². The highest BCUT2D eigenvalue weighted by Gasteiger charge is 2.13. The lowest BCUT2D eigenvalue weighted by molar-refractivity contribution is 0.580. The molecule has 114 valence electrons. The number of hydrogen-bond acceptors (Lipinski definition) is 4. The molecule has 0 spiro atoms. The van der Waals surface area contributed by atoms with Gasteiger partial charge in [-0.25, -0.2) is 13.1 Å². The molecular formula is C14H20N4O2S. The second-order valence-corrected chi connectivity index (χ2v) is 6.82. The number of hydrogen-bond donors (Lipinski definition) is 2. The zero-order valence-electron chi connectivity index (χ0n) is 12.2. The minimum atomic E-state index is -3.39. The van der Waals surface area contributed by atoms with E-state index in [2.05, 4.69) is 9.82 Å². The van der Waals surface area contributed by atoms with Gasteiger partial charge < -0.3 is 5.73 Å². The molecule has 0 aliphatic heterocycles. The number of nitrogens with one attached hydrogen (secondary N) is 1. The van der Waals surface area contributed by atoms with Gasteiger partial charge in [0.25, 0.3) is 0 Å². The molecule has 0 radical (unpaired) electrons. The van der Waals surface area contributed by atoms with Crippen LogP contribution in [0, 0.1) is 6.92 Å². The lowest BCUT2D eigenvalue weighted by Crippen LogP contribution is -2.25. The van der Waals surface area contributed by atoms with E-state index < -0.39 is 10.0 Å². The zero-order chi connectivity index (χ0) is 15.5. The molecule has 3 N–H and O–H groups in total. The van der Waals surface area contributed by atoms with Crippen LogP contribution in [0.25, 0.3) is 0 Å². The smallest absolute Gasteiger partial charge is 0.216 e. The van der Waals surface area contributed by atoms with Crippen molar-refractivity contribution in [3.05, 3.63) is 52.8 Å². The first-order chi connectivity index (χ1) is 9.89. The first-order valence-electron chi connectivity index (χ1n) is 6.64. The number of benzene rings is 1. The van der Waals surface area contributed by atoms with Crippen LogP contribution in [0.2, 0.25) is 0 Å². The van der Waals surface area contributed by atoms with Crippen LogP contribution in [-0.2, 0) is 35.9 Å². The summed E-state index contributed by atoms with van der Waals surface area (Å²) in [6.07, 6.45) is 1.81. The third-order valence-corrected chi connectivity index (χ3v) is 4.48. The molecule has 0 atom stereocenters. The van der Waals surface area contributed by atoms with Gasteiger partial charge >= 0.3 is 0 Å². The highest BCUT2D eigenvalue weighted by atomic mass is 32.2. The molecule has 1 heterocycles. The number of aromatic nitrogens is 2. The van der Waals surface area contributed by atoms with Gasteiger partial charge in [0, 0.05) is 31.9 Å². The van der Waals surface area contributed by atoms with E-state index in [1.807, 2.05) is 38.4 Å². The van der Waals surface area contributed by atoms with Gasteiger partial charge in [-0.1, -0.05) is 24.3 Å². The Kier molecular flexibility index (Phi) is 4.76. The van der Waals surface area contributed by atoms with E-state index in [1.165, 1.54) is 0 Å². The Balaban J connectivity index is 2.03. The van der Waals surface area contributed by atoms with Crippen LogP contribution < -0.4 is 10.5 Å². The second kappa shape index (κ2) is 6.38. The maximum Gasteiger partial charge on any atom is 0.216 e. The lowest BCUT2D eigenvalue weighted by atomic mass is 10.1. The largest absolute Gasteiger partial charge is 0.326 e. The SMILES string of the molecule is Cc1nn(C)cc1CNS(=O)(=O)Cc1cccc(CN)c1. The molecule has 2 rings (SSSR count). The van der Waals surface area contributed by atoms with Crippen molar-refractivity contribution in [2.45, 2.75) is 25.8 Å². The van der Waals surface area contributed by atoms with Crippen LogP contribution in [0.3, 0.4) is 0 Å². The van der Waals surface area contributed by atoms with E-state index in [0.29, 0.717) is 6.54 Å². The lowest BCUT2D eigenvalue weighted by Gasteiger charge is -2.07. The molecule has 0 aliphatic carbocycles. The number of aryl methyl sites for hydroxylation is 2. The van der Waals surface area contributed by atoms with E-state index >= 15 is 0 Å². The van der Waals surface area contributed by atoms with Gasteiger partial charge in [0.1, 0.15) is 0 Å². The maximum absolute atomic E-state index is 12.1.